The van der Waals surface area contributed by atoms with Crippen LogP contribution in [0.25, 0.3) is 11.3 Å². The van der Waals surface area contributed by atoms with E-state index in [1.165, 1.54) is 0 Å². The van der Waals surface area contributed by atoms with Crippen molar-refractivity contribution in [3.63, 3.8) is 0 Å². The number of aromatic nitrogens is 2. The van der Waals surface area contributed by atoms with Crippen molar-refractivity contribution in [1.82, 2.24) is 15.5 Å². The fourth-order valence-corrected chi connectivity index (χ4v) is 2.72. The average Bonchev–Trinajstić information content (AvgIpc) is 2.85. The van der Waals surface area contributed by atoms with Crippen LogP contribution in [0.15, 0.2) is 30.5 Å². The number of nitrogens with one attached hydrogen (secondary N) is 2. The van der Waals surface area contributed by atoms with Crippen molar-refractivity contribution in [3.05, 3.63) is 41.0 Å². The molecule has 1 fully saturated rings. The van der Waals surface area contributed by atoms with E-state index >= 15 is 0 Å². The summed E-state index contributed by atoms with van der Waals surface area (Å²) in [5.74, 6) is 0. The molecule has 1 aliphatic rings. The van der Waals surface area contributed by atoms with Crippen molar-refractivity contribution in [1.29, 1.82) is 0 Å². The summed E-state index contributed by atoms with van der Waals surface area (Å²) in [6.45, 7) is 1.31. The minimum atomic E-state index is -0.500. The van der Waals surface area contributed by atoms with Crippen LogP contribution in [-0.2, 0) is 6.54 Å². The summed E-state index contributed by atoms with van der Waals surface area (Å²) in [4.78, 5) is 0. The van der Waals surface area contributed by atoms with Gasteiger partial charge in [0, 0.05) is 29.2 Å². The van der Waals surface area contributed by atoms with Crippen LogP contribution >= 0.6 is 11.6 Å². The Morgan fingerprint density at radius 2 is 2.25 bits per heavy atom. The maximum Gasteiger partial charge on any atom is 0.0771 e. The number of hydrogen-bond donors (Lipinski definition) is 3. The second-order valence-electron chi connectivity index (χ2n) is 5.46. The fraction of sp³-hybridized carbons (Fsp3) is 0.400. The monoisotopic (exact) mass is 291 g/mol. The van der Waals surface area contributed by atoms with E-state index in [9.17, 15) is 5.11 Å². The first-order valence-electron chi connectivity index (χ1n) is 6.88. The number of halogens is 1. The predicted molar refractivity (Wildman–Crippen MR) is 79.5 cm³/mol. The summed E-state index contributed by atoms with van der Waals surface area (Å²) in [5.41, 5.74) is 2.57. The Morgan fingerprint density at radius 1 is 1.40 bits per heavy atom. The lowest BCUT2D eigenvalue weighted by Crippen LogP contribution is -2.45. The highest BCUT2D eigenvalue weighted by molar-refractivity contribution is 6.30. The quantitative estimate of drug-likeness (QED) is 0.794. The van der Waals surface area contributed by atoms with E-state index in [1.54, 1.807) is 0 Å². The molecule has 3 rings (SSSR count). The first kappa shape index (κ1) is 13.6. The van der Waals surface area contributed by atoms with E-state index in [-0.39, 0.29) is 0 Å². The molecule has 4 nitrogen and oxygen atoms in total. The first-order valence-corrected chi connectivity index (χ1v) is 7.25. The molecule has 0 radical (unpaired) electrons. The SMILES string of the molecule is OC1(CNCc2cn[nH]c2-c2cccc(Cl)c2)CCC1. The Kier molecular flexibility index (Phi) is 3.78. The van der Waals surface area contributed by atoms with Gasteiger partial charge in [-0.1, -0.05) is 23.7 Å². The molecule has 1 saturated carbocycles. The second kappa shape index (κ2) is 5.56. The molecule has 1 heterocycles. The average molecular weight is 292 g/mol. The van der Waals surface area contributed by atoms with Crippen LogP contribution < -0.4 is 5.32 Å². The lowest BCUT2D eigenvalue weighted by Gasteiger charge is -2.36. The van der Waals surface area contributed by atoms with Gasteiger partial charge in [0.2, 0.25) is 0 Å². The van der Waals surface area contributed by atoms with Gasteiger partial charge in [0.05, 0.1) is 17.5 Å². The largest absolute Gasteiger partial charge is 0.389 e. The van der Waals surface area contributed by atoms with Crippen LogP contribution in [-0.4, -0.2) is 27.4 Å². The van der Waals surface area contributed by atoms with Crippen molar-refractivity contribution in [2.75, 3.05) is 6.54 Å². The number of nitrogens with zero attached hydrogens (tertiary/aromatic N) is 1. The Balaban J connectivity index is 1.67. The molecule has 3 N–H and O–H groups in total. The lowest BCUT2D eigenvalue weighted by atomic mass is 9.80. The van der Waals surface area contributed by atoms with Crippen LogP contribution in [0.3, 0.4) is 0 Å². The molecule has 1 aromatic heterocycles. The lowest BCUT2D eigenvalue weighted by molar-refractivity contribution is -0.0314. The molecular weight excluding hydrogens is 274 g/mol. The number of aromatic amines is 1. The molecule has 0 amide bonds. The Morgan fingerprint density at radius 3 is 2.95 bits per heavy atom. The van der Waals surface area contributed by atoms with Gasteiger partial charge in [-0.2, -0.15) is 5.10 Å². The highest BCUT2D eigenvalue weighted by Gasteiger charge is 2.33. The normalized spacial score (nSPS) is 16.9. The van der Waals surface area contributed by atoms with Crippen LogP contribution in [0.5, 0.6) is 0 Å². The van der Waals surface area contributed by atoms with Gasteiger partial charge in [-0.05, 0) is 31.4 Å². The highest BCUT2D eigenvalue weighted by atomic mass is 35.5. The van der Waals surface area contributed by atoms with E-state index in [2.05, 4.69) is 15.5 Å². The van der Waals surface area contributed by atoms with Gasteiger partial charge in [-0.3, -0.25) is 5.10 Å². The Hall–Kier alpha value is -1.36. The molecule has 0 unspecified atom stereocenters. The summed E-state index contributed by atoms with van der Waals surface area (Å²) in [6.07, 6.45) is 4.73. The Labute approximate surface area is 123 Å². The summed E-state index contributed by atoms with van der Waals surface area (Å²) in [6, 6.07) is 7.69. The van der Waals surface area contributed by atoms with Crippen molar-refractivity contribution in [3.8, 4) is 11.3 Å². The summed E-state index contributed by atoms with van der Waals surface area (Å²) in [7, 11) is 0. The number of benzene rings is 1. The third kappa shape index (κ3) is 2.87. The minimum Gasteiger partial charge on any atom is -0.389 e. The van der Waals surface area contributed by atoms with Crippen LogP contribution in [0.2, 0.25) is 5.02 Å². The molecule has 1 aromatic carbocycles. The molecule has 0 aliphatic heterocycles. The minimum absolute atomic E-state index is 0.500. The topological polar surface area (TPSA) is 60.9 Å². The van der Waals surface area contributed by atoms with E-state index in [4.69, 9.17) is 11.6 Å². The number of H-pyrrole nitrogens is 1. The number of aliphatic hydroxyl groups is 1. The summed E-state index contributed by atoms with van der Waals surface area (Å²) >= 11 is 6.02. The van der Waals surface area contributed by atoms with E-state index in [0.29, 0.717) is 18.1 Å². The molecule has 106 valence electrons. The van der Waals surface area contributed by atoms with Crippen LogP contribution in [0.1, 0.15) is 24.8 Å². The summed E-state index contributed by atoms with van der Waals surface area (Å²) < 4.78 is 0. The third-order valence-corrected chi connectivity index (χ3v) is 4.12. The maximum absolute atomic E-state index is 10.1. The van der Waals surface area contributed by atoms with Gasteiger partial charge >= 0.3 is 0 Å². The van der Waals surface area contributed by atoms with Crippen molar-refractivity contribution in [2.45, 2.75) is 31.4 Å². The molecular formula is C15H18ClN3O. The third-order valence-electron chi connectivity index (χ3n) is 3.88. The fourth-order valence-electron chi connectivity index (χ4n) is 2.53. The smallest absolute Gasteiger partial charge is 0.0771 e. The van der Waals surface area contributed by atoms with Gasteiger partial charge in [0.15, 0.2) is 0 Å². The molecule has 0 atom stereocenters. The molecule has 0 saturated heterocycles. The molecule has 2 aromatic rings. The van der Waals surface area contributed by atoms with Gasteiger partial charge in [-0.25, -0.2) is 0 Å². The van der Waals surface area contributed by atoms with E-state index in [1.807, 2.05) is 30.5 Å². The van der Waals surface area contributed by atoms with Gasteiger partial charge < -0.3 is 10.4 Å². The van der Waals surface area contributed by atoms with Crippen molar-refractivity contribution >= 4 is 11.6 Å². The second-order valence-corrected chi connectivity index (χ2v) is 5.90. The standard InChI is InChI=1S/C15H18ClN3O/c16-13-4-1-3-11(7-13)14-12(9-18-19-14)8-17-10-15(20)5-2-6-15/h1,3-4,7,9,17,20H,2,5-6,8,10H2,(H,18,19). The predicted octanol–water partition coefficient (Wildman–Crippen LogP) is 2.73. The molecule has 0 spiro atoms. The van der Waals surface area contributed by atoms with Crippen molar-refractivity contribution in [2.24, 2.45) is 0 Å². The molecule has 20 heavy (non-hydrogen) atoms. The number of rotatable bonds is 5. The van der Waals surface area contributed by atoms with E-state index in [0.717, 1.165) is 36.1 Å². The number of hydrogen-bond acceptors (Lipinski definition) is 3. The maximum atomic E-state index is 10.1. The first-order chi connectivity index (χ1) is 9.66. The van der Waals surface area contributed by atoms with Crippen LogP contribution in [0, 0.1) is 0 Å². The van der Waals surface area contributed by atoms with E-state index < -0.39 is 5.60 Å². The molecule has 1 aliphatic carbocycles. The van der Waals surface area contributed by atoms with Gasteiger partial charge in [0.1, 0.15) is 0 Å². The van der Waals surface area contributed by atoms with Crippen LogP contribution in [0.4, 0.5) is 0 Å². The Bertz CT molecular complexity index is 592. The van der Waals surface area contributed by atoms with Gasteiger partial charge in [-0.15, -0.1) is 0 Å². The zero-order valence-corrected chi connectivity index (χ0v) is 12.0. The van der Waals surface area contributed by atoms with Crippen molar-refractivity contribution < 1.29 is 5.11 Å². The van der Waals surface area contributed by atoms with Gasteiger partial charge in [0.25, 0.3) is 0 Å². The summed E-state index contributed by atoms with van der Waals surface area (Å²) in [5, 5.41) is 21.2. The zero-order valence-electron chi connectivity index (χ0n) is 11.2. The highest BCUT2D eigenvalue weighted by Crippen LogP contribution is 2.31. The molecule has 0 bridgehead atoms. The zero-order chi connectivity index (χ0) is 14.0. The molecule has 5 heteroatoms.